The summed E-state index contributed by atoms with van der Waals surface area (Å²) in [6.07, 6.45) is 6.66. The van der Waals surface area contributed by atoms with E-state index in [1.807, 2.05) is 0 Å². The van der Waals surface area contributed by atoms with Crippen LogP contribution < -0.4 is 14.5 Å². The van der Waals surface area contributed by atoms with Crippen molar-refractivity contribution in [2.75, 3.05) is 23.0 Å². The number of nitrogens with zero attached hydrogens (tertiary/aromatic N) is 3. The number of carbonyl (C=O) groups excluding carboxylic acids is 3. The summed E-state index contributed by atoms with van der Waals surface area (Å²) >= 11 is 0. The summed E-state index contributed by atoms with van der Waals surface area (Å²) in [5.74, 6) is -0.226. The lowest BCUT2D eigenvalue weighted by atomic mass is 10.1. The molecule has 0 saturated heterocycles. The Labute approximate surface area is 147 Å². The third-order valence-corrected chi connectivity index (χ3v) is 4.11. The zero-order valence-corrected chi connectivity index (χ0v) is 13.2. The van der Waals surface area contributed by atoms with Gasteiger partial charge in [-0.3, -0.25) is 24.3 Å². The van der Waals surface area contributed by atoms with Gasteiger partial charge in [-0.15, -0.1) is 6.42 Å². The van der Waals surface area contributed by atoms with E-state index in [1.165, 1.54) is 29.3 Å². The van der Waals surface area contributed by atoms with Crippen LogP contribution in [0.2, 0.25) is 0 Å². The topological polar surface area (TPSA) is 79.8 Å². The molecule has 3 heterocycles. The summed E-state index contributed by atoms with van der Waals surface area (Å²) in [5, 5.41) is 0. The molecular weight excluding hydrogens is 341 g/mol. The lowest BCUT2D eigenvalue weighted by Crippen LogP contribution is -2.39. The third-order valence-electron chi connectivity index (χ3n) is 4.11. The van der Waals surface area contributed by atoms with Crippen LogP contribution in [0, 0.1) is 18.2 Å². The highest BCUT2D eigenvalue weighted by molar-refractivity contribution is 6.33. The van der Waals surface area contributed by atoms with Crippen molar-refractivity contribution in [2.45, 2.75) is 0 Å². The molecule has 0 N–H and O–H groups in total. The Morgan fingerprint density at radius 2 is 2.04 bits per heavy atom. The molecule has 0 bridgehead atoms. The van der Waals surface area contributed by atoms with Crippen LogP contribution in [-0.2, 0) is 4.79 Å². The number of imide groups is 1. The van der Waals surface area contributed by atoms with Crippen molar-refractivity contribution in [1.82, 2.24) is 4.98 Å². The number of aromatic nitrogens is 1. The Balaban J connectivity index is 1.85. The molecule has 0 fully saturated rings. The van der Waals surface area contributed by atoms with E-state index in [-0.39, 0.29) is 41.5 Å². The highest BCUT2D eigenvalue weighted by atomic mass is 19.1. The van der Waals surface area contributed by atoms with Crippen molar-refractivity contribution in [3.8, 4) is 18.1 Å². The predicted molar refractivity (Wildman–Crippen MR) is 88.5 cm³/mol. The van der Waals surface area contributed by atoms with E-state index in [9.17, 15) is 18.8 Å². The number of benzene rings is 1. The van der Waals surface area contributed by atoms with Crippen molar-refractivity contribution in [2.24, 2.45) is 0 Å². The summed E-state index contributed by atoms with van der Waals surface area (Å²) in [4.78, 5) is 42.9. The number of amides is 3. The van der Waals surface area contributed by atoms with Crippen molar-refractivity contribution in [1.29, 1.82) is 0 Å². The molecule has 0 saturated carbocycles. The number of fused-ring (bicyclic) bond motifs is 2. The molecule has 8 heteroatoms. The molecule has 1 aromatic carbocycles. The van der Waals surface area contributed by atoms with E-state index in [1.54, 1.807) is 0 Å². The number of rotatable bonds is 2. The highest BCUT2D eigenvalue weighted by Crippen LogP contribution is 2.39. The van der Waals surface area contributed by atoms with Crippen molar-refractivity contribution < 1.29 is 23.5 Å². The SMILES string of the molecule is C#CCN1C(=O)COc2cc(F)c(N3C(=O)c4cccnc4C3=O)cc21. The number of halogens is 1. The van der Waals surface area contributed by atoms with Crippen molar-refractivity contribution in [3.63, 3.8) is 0 Å². The normalized spacial score (nSPS) is 15.5. The van der Waals surface area contributed by atoms with Crippen LogP contribution in [0.3, 0.4) is 0 Å². The molecule has 0 spiro atoms. The Hall–Kier alpha value is -3.73. The second-order valence-corrected chi connectivity index (χ2v) is 5.59. The highest BCUT2D eigenvalue weighted by Gasteiger charge is 2.40. The molecule has 0 atom stereocenters. The average Bonchev–Trinajstić information content (AvgIpc) is 2.89. The van der Waals surface area contributed by atoms with Gasteiger partial charge >= 0.3 is 0 Å². The van der Waals surface area contributed by atoms with Gasteiger partial charge in [0.2, 0.25) is 0 Å². The van der Waals surface area contributed by atoms with Crippen LogP contribution in [0.4, 0.5) is 15.8 Å². The van der Waals surface area contributed by atoms with Gasteiger partial charge in [0.05, 0.1) is 23.5 Å². The van der Waals surface area contributed by atoms with Gasteiger partial charge < -0.3 is 4.74 Å². The monoisotopic (exact) mass is 351 g/mol. The molecule has 2 aromatic rings. The number of hydrogen-bond donors (Lipinski definition) is 0. The zero-order chi connectivity index (χ0) is 18.4. The Kier molecular flexibility index (Phi) is 3.44. The van der Waals surface area contributed by atoms with E-state index in [4.69, 9.17) is 11.2 Å². The van der Waals surface area contributed by atoms with Gasteiger partial charge in [0, 0.05) is 12.3 Å². The fourth-order valence-corrected chi connectivity index (χ4v) is 2.93. The van der Waals surface area contributed by atoms with Crippen molar-refractivity contribution >= 4 is 29.1 Å². The summed E-state index contributed by atoms with van der Waals surface area (Å²) in [6.45, 7) is -0.325. The van der Waals surface area contributed by atoms with Gasteiger partial charge in [-0.2, -0.15) is 0 Å². The lowest BCUT2D eigenvalue weighted by molar-refractivity contribution is -0.121. The number of pyridine rings is 1. The van der Waals surface area contributed by atoms with Crippen LogP contribution in [-0.4, -0.2) is 35.9 Å². The summed E-state index contributed by atoms with van der Waals surface area (Å²) in [6, 6.07) is 5.19. The zero-order valence-electron chi connectivity index (χ0n) is 13.2. The number of anilines is 2. The van der Waals surface area contributed by atoms with E-state index >= 15 is 0 Å². The Bertz CT molecular complexity index is 993. The summed E-state index contributed by atoms with van der Waals surface area (Å²) < 4.78 is 19.8. The van der Waals surface area contributed by atoms with Crippen LogP contribution in [0.1, 0.15) is 20.8 Å². The molecule has 3 amide bonds. The third kappa shape index (κ3) is 2.14. The molecule has 0 unspecified atom stereocenters. The van der Waals surface area contributed by atoms with E-state index in [0.717, 1.165) is 6.07 Å². The first-order valence-electron chi connectivity index (χ1n) is 7.57. The first-order chi connectivity index (χ1) is 12.5. The minimum absolute atomic E-state index is 0.0516. The molecule has 7 nitrogen and oxygen atoms in total. The molecule has 0 radical (unpaired) electrons. The minimum Gasteiger partial charge on any atom is -0.481 e. The van der Waals surface area contributed by atoms with E-state index < -0.39 is 23.5 Å². The molecule has 128 valence electrons. The summed E-state index contributed by atoms with van der Waals surface area (Å²) in [7, 11) is 0. The minimum atomic E-state index is -0.840. The van der Waals surface area contributed by atoms with Crippen LogP contribution >= 0.6 is 0 Å². The van der Waals surface area contributed by atoms with Gasteiger partial charge in [-0.05, 0) is 18.2 Å². The first-order valence-corrected chi connectivity index (χ1v) is 7.57. The maximum atomic E-state index is 14.6. The largest absolute Gasteiger partial charge is 0.481 e. The van der Waals surface area contributed by atoms with Gasteiger partial charge in [-0.1, -0.05) is 5.92 Å². The standard InChI is InChI=1S/C18H10FN3O4/c1-2-6-21-13-8-12(11(19)7-14(13)26-9-15(21)23)22-17(24)10-4-3-5-20-16(10)18(22)25/h1,3-5,7-8H,6,9H2. The molecule has 26 heavy (non-hydrogen) atoms. The predicted octanol–water partition coefficient (Wildman–Crippen LogP) is 1.38. The fourth-order valence-electron chi connectivity index (χ4n) is 2.93. The van der Waals surface area contributed by atoms with E-state index in [2.05, 4.69) is 10.9 Å². The fraction of sp³-hybridized carbons (Fsp3) is 0.111. The van der Waals surface area contributed by atoms with Gasteiger partial charge in [-0.25, -0.2) is 9.29 Å². The van der Waals surface area contributed by atoms with Crippen molar-refractivity contribution in [3.05, 3.63) is 47.5 Å². The smallest absolute Gasteiger partial charge is 0.284 e. The van der Waals surface area contributed by atoms with Crippen LogP contribution in [0.15, 0.2) is 30.5 Å². The van der Waals surface area contributed by atoms with Crippen LogP contribution in [0.25, 0.3) is 0 Å². The molecule has 2 aliphatic rings. The maximum absolute atomic E-state index is 14.6. The second kappa shape index (κ2) is 5.67. The van der Waals surface area contributed by atoms with E-state index in [0.29, 0.717) is 4.90 Å². The van der Waals surface area contributed by atoms with Gasteiger partial charge in [0.1, 0.15) is 11.4 Å². The summed E-state index contributed by atoms with van der Waals surface area (Å²) in [5.41, 5.74) is -0.0676. The quantitative estimate of drug-likeness (QED) is 0.603. The number of ether oxygens (including phenoxy) is 1. The second-order valence-electron chi connectivity index (χ2n) is 5.59. The number of hydrogen-bond acceptors (Lipinski definition) is 5. The first kappa shape index (κ1) is 15.8. The number of terminal acetylenes is 1. The molecule has 0 aliphatic carbocycles. The Morgan fingerprint density at radius 1 is 1.23 bits per heavy atom. The van der Waals surface area contributed by atoms with Crippen LogP contribution in [0.5, 0.6) is 5.75 Å². The molecule has 2 aliphatic heterocycles. The molecule has 4 rings (SSSR count). The average molecular weight is 351 g/mol. The number of carbonyl (C=O) groups is 3. The Morgan fingerprint density at radius 3 is 2.77 bits per heavy atom. The maximum Gasteiger partial charge on any atom is 0.284 e. The molecule has 1 aromatic heterocycles. The lowest BCUT2D eigenvalue weighted by Gasteiger charge is -2.29. The van der Waals surface area contributed by atoms with Gasteiger partial charge in [0.15, 0.2) is 12.4 Å². The van der Waals surface area contributed by atoms with Gasteiger partial charge in [0.25, 0.3) is 17.7 Å². The molecular formula is C18H10FN3O4.